The average molecular weight is 807 g/mol. The van der Waals surface area contributed by atoms with Crippen molar-refractivity contribution in [2.24, 2.45) is 0 Å². The van der Waals surface area contributed by atoms with E-state index in [1.165, 1.54) is 7.11 Å². The van der Waals surface area contributed by atoms with Crippen LogP contribution < -0.4 is 0 Å². The SMILES string of the molecule is COC1OC(COCc2ccccc2)C(OC2OC(COCc3ccccc3)C(OCc3ccccc3)C(OCc3ccccc3)C2O)C(OCc2ccccc2)C1O. The third kappa shape index (κ3) is 12.1. The molecule has 59 heavy (non-hydrogen) atoms. The summed E-state index contributed by atoms with van der Waals surface area (Å²) in [6, 6.07) is 48.8. The number of rotatable bonds is 20. The molecule has 312 valence electrons. The molecule has 10 unspecified atom stereocenters. The highest BCUT2D eigenvalue weighted by Crippen LogP contribution is 2.34. The molecule has 0 spiro atoms. The molecule has 2 fully saturated rings. The van der Waals surface area contributed by atoms with E-state index in [2.05, 4.69) is 0 Å². The van der Waals surface area contributed by atoms with Crippen molar-refractivity contribution in [3.63, 3.8) is 0 Å². The quantitative estimate of drug-likeness (QED) is 0.0912. The van der Waals surface area contributed by atoms with Crippen molar-refractivity contribution in [2.45, 2.75) is 94.4 Å². The van der Waals surface area contributed by atoms with Gasteiger partial charge in [-0.15, -0.1) is 0 Å². The molecule has 0 bridgehead atoms. The van der Waals surface area contributed by atoms with E-state index < -0.39 is 61.4 Å². The fourth-order valence-electron chi connectivity index (χ4n) is 7.30. The summed E-state index contributed by atoms with van der Waals surface area (Å²) in [5, 5.41) is 24.0. The highest BCUT2D eigenvalue weighted by atomic mass is 16.8. The highest BCUT2D eigenvalue weighted by molar-refractivity contribution is 5.17. The van der Waals surface area contributed by atoms with E-state index in [1.54, 1.807) is 0 Å². The van der Waals surface area contributed by atoms with Crippen LogP contribution in [0.3, 0.4) is 0 Å². The Morgan fingerprint density at radius 3 is 1.14 bits per heavy atom. The first kappa shape index (κ1) is 42.8. The van der Waals surface area contributed by atoms with Crippen LogP contribution >= 0.6 is 0 Å². The summed E-state index contributed by atoms with van der Waals surface area (Å²) in [5.74, 6) is 0. The maximum atomic E-state index is 12.3. The van der Waals surface area contributed by atoms with Crippen LogP contribution in [0.25, 0.3) is 0 Å². The zero-order valence-electron chi connectivity index (χ0n) is 33.2. The molecule has 2 N–H and O–H groups in total. The van der Waals surface area contributed by atoms with Crippen LogP contribution in [-0.2, 0) is 75.7 Å². The molecular formula is C48H54O11. The van der Waals surface area contributed by atoms with Gasteiger partial charge >= 0.3 is 0 Å². The fraction of sp³-hybridized carbons (Fsp3) is 0.375. The van der Waals surface area contributed by atoms with Gasteiger partial charge in [-0.25, -0.2) is 0 Å². The van der Waals surface area contributed by atoms with E-state index in [0.717, 1.165) is 27.8 Å². The van der Waals surface area contributed by atoms with Gasteiger partial charge in [0.2, 0.25) is 0 Å². The molecule has 0 aliphatic carbocycles. The number of aliphatic hydroxyl groups is 2. The molecule has 10 atom stereocenters. The molecule has 2 saturated heterocycles. The van der Waals surface area contributed by atoms with Gasteiger partial charge in [-0.3, -0.25) is 0 Å². The van der Waals surface area contributed by atoms with Crippen molar-refractivity contribution in [3.05, 3.63) is 179 Å². The molecule has 0 aromatic heterocycles. The van der Waals surface area contributed by atoms with Crippen LogP contribution in [0.1, 0.15) is 27.8 Å². The van der Waals surface area contributed by atoms with E-state index in [9.17, 15) is 10.2 Å². The first-order valence-electron chi connectivity index (χ1n) is 20.1. The Labute approximate surface area is 346 Å². The smallest absolute Gasteiger partial charge is 0.187 e. The predicted molar refractivity (Wildman–Crippen MR) is 218 cm³/mol. The second-order valence-corrected chi connectivity index (χ2v) is 14.7. The summed E-state index contributed by atoms with van der Waals surface area (Å²) in [4.78, 5) is 0. The van der Waals surface area contributed by atoms with Gasteiger partial charge in [-0.1, -0.05) is 152 Å². The van der Waals surface area contributed by atoms with Gasteiger partial charge in [0.15, 0.2) is 12.6 Å². The standard InChI is InChI=1S/C48H54O11/c1-51-47-41(49)46(56-31-38-25-15-6-16-26-38)44(40(57-47)33-53-28-35-19-9-3-10-20-35)59-48-42(50)45(55-30-37-23-13-5-14-24-37)43(54-29-36-21-11-4-12-22-36)39(58-48)32-52-27-34-17-7-2-8-18-34/h2-26,39-50H,27-33H2,1H3. The third-order valence-corrected chi connectivity index (χ3v) is 10.4. The molecular weight excluding hydrogens is 753 g/mol. The van der Waals surface area contributed by atoms with Gasteiger partial charge < -0.3 is 52.8 Å². The average Bonchev–Trinajstić information content (AvgIpc) is 3.28. The Kier molecular flexibility index (Phi) is 16.2. The summed E-state index contributed by atoms with van der Waals surface area (Å²) in [7, 11) is 1.46. The Bertz CT molecular complexity index is 1890. The summed E-state index contributed by atoms with van der Waals surface area (Å²) in [5.41, 5.74) is 4.73. The molecule has 7 rings (SSSR count). The van der Waals surface area contributed by atoms with Crippen LogP contribution in [0.15, 0.2) is 152 Å². The zero-order valence-corrected chi connectivity index (χ0v) is 33.2. The van der Waals surface area contributed by atoms with Crippen LogP contribution in [0.2, 0.25) is 0 Å². The van der Waals surface area contributed by atoms with Crippen molar-refractivity contribution >= 4 is 0 Å². The van der Waals surface area contributed by atoms with Gasteiger partial charge in [-0.05, 0) is 27.8 Å². The van der Waals surface area contributed by atoms with Crippen LogP contribution in [0.5, 0.6) is 0 Å². The second kappa shape index (κ2) is 22.3. The number of aliphatic hydroxyl groups excluding tert-OH is 2. The van der Waals surface area contributed by atoms with Gasteiger partial charge in [0, 0.05) is 7.11 Å². The van der Waals surface area contributed by atoms with Crippen molar-refractivity contribution < 1.29 is 52.8 Å². The fourth-order valence-corrected chi connectivity index (χ4v) is 7.30. The zero-order chi connectivity index (χ0) is 40.7. The van der Waals surface area contributed by atoms with E-state index in [1.807, 2.05) is 152 Å². The maximum absolute atomic E-state index is 12.3. The molecule has 0 amide bonds. The molecule has 2 heterocycles. The van der Waals surface area contributed by atoms with Crippen molar-refractivity contribution in [1.29, 1.82) is 0 Å². The third-order valence-electron chi connectivity index (χ3n) is 10.4. The Balaban J connectivity index is 1.18. The van der Waals surface area contributed by atoms with Gasteiger partial charge in [0.25, 0.3) is 0 Å². The number of hydrogen-bond donors (Lipinski definition) is 2. The van der Waals surface area contributed by atoms with Crippen molar-refractivity contribution in [2.75, 3.05) is 20.3 Å². The van der Waals surface area contributed by atoms with Crippen molar-refractivity contribution in [3.8, 4) is 0 Å². The van der Waals surface area contributed by atoms with Crippen molar-refractivity contribution in [1.82, 2.24) is 0 Å². The summed E-state index contributed by atoms with van der Waals surface area (Å²) >= 11 is 0. The lowest BCUT2D eigenvalue weighted by Gasteiger charge is -2.48. The normalized spacial score (nSPS) is 27.0. The lowest BCUT2D eigenvalue weighted by Crippen LogP contribution is -2.65. The van der Waals surface area contributed by atoms with E-state index >= 15 is 0 Å². The van der Waals surface area contributed by atoms with Crippen LogP contribution in [0.4, 0.5) is 0 Å². The maximum Gasteiger partial charge on any atom is 0.187 e. The molecule has 5 aromatic rings. The predicted octanol–water partition coefficient (Wildman–Crippen LogP) is 6.38. The molecule has 0 saturated carbocycles. The number of benzene rings is 5. The topological polar surface area (TPSA) is 124 Å². The molecule has 5 aromatic carbocycles. The lowest BCUT2D eigenvalue weighted by molar-refractivity contribution is -0.368. The minimum Gasteiger partial charge on any atom is -0.385 e. The van der Waals surface area contributed by atoms with Crippen LogP contribution in [-0.4, -0.2) is 91.9 Å². The van der Waals surface area contributed by atoms with E-state index in [0.29, 0.717) is 13.2 Å². The summed E-state index contributed by atoms with van der Waals surface area (Å²) < 4.78 is 57.5. The first-order valence-corrected chi connectivity index (χ1v) is 20.1. The van der Waals surface area contributed by atoms with E-state index in [-0.39, 0.29) is 33.0 Å². The molecule has 11 nitrogen and oxygen atoms in total. The molecule has 0 radical (unpaired) electrons. The van der Waals surface area contributed by atoms with Crippen LogP contribution in [0, 0.1) is 0 Å². The Morgan fingerprint density at radius 2 is 0.729 bits per heavy atom. The van der Waals surface area contributed by atoms with Gasteiger partial charge in [0.05, 0.1) is 46.2 Å². The van der Waals surface area contributed by atoms with E-state index in [4.69, 9.17) is 42.6 Å². The Hall–Kier alpha value is -4.34. The number of hydrogen-bond acceptors (Lipinski definition) is 11. The van der Waals surface area contributed by atoms with Gasteiger partial charge in [-0.2, -0.15) is 0 Å². The highest BCUT2D eigenvalue weighted by Gasteiger charge is 2.53. The summed E-state index contributed by atoms with van der Waals surface area (Å²) in [6.07, 6.45) is -10.2. The van der Waals surface area contributed by atoms with Gasteiger partial charge in [0.1, 0.15) is 48.8 Å². The second-order valence-electron chi connectivity index (χ2n) is 14.7. The lowest BCUT2D eigenvalue weighted by atomic mass is 9.96. The largest absolute Gasteiger partial charge is 0.385 e. The minimum atomic E-state index is -1.36. The monoisotopic (exact) mass is 806 g/mol. The molecule has 2 aliphatic heterocycles. The molecule has 2 aliphatic rings. The first-order chi connectivity index (χ1) is 29.1. The minimum absolute atomic E-state index is 0.0561. The molecule has 11 heteroatoms. The number of methoxy groups -OCH3 is 1. The number of ether oxygens (including phenoxy) is 9. The summed E-state index contributed by atoms with van der Waals surface area (Å²) in [6.45, 7) is 1.39. The Morgan fingerprint density at radius 1 is 0.407 bits per heavy atom.